The van der Waals surface area contributed by atoms with Crippen LogP contribution in [0, 0.1) is 52.3 Å². The van der Waals surface area contributed by atoms with Gasteiger partial charge in [-0.15, -0.1) is 0 Å². The van der Waals surface area contributed by atoms with Crippen LogP contribution in [0.1, 0.15) is 53.9 Å². The van der Waals surface area contributed by atoms with Crippen LogP contribution >= 0.6 is 0 Å². The molecule has 4 aliphatic carbocycles. The summed E-state index contributed by atoms with van der Waals surface area (Å²) in [6.45, 7) is 12.5. The first kappa shape index (κ1) is 17.4. The van der Waals surface area contributed by atoms with Gasteiger partial charge in [-0.2, -0.15) is 0 Å². The van der Waals surface area contributed by atoms with Crippen molar-refractivity contribution >= 4 is 0 Å². The highest BCUT2D eigenvalue weighted by Crippen LogP contribution is 2.61. The lowest BCUT2D eigenvalue weighted by molar-refractivity contribution is 0.0681. The van der Waals surface area contributed by atoms with Gasteiger partial charge in [0, 0.05) is 0 Å². The fraction of sp³-hybridized carbons (Fsp3) is 0.680. The van der Waals surface area contributed by atoms with Crippen molar-refractivity contribution < 1.29 is 0 Å². The monoisotopic (exact) mass is 336 g/mol. The number of fused-ring (bicyclic) bond motifs is 3. The minimum Gasteiger partial charge on any atom is -0.0805 e. The second-order valence-electron chi connectivity index (χ2n) is 10.8. The Kier molecular flexibility index (Phi) is 4.17. The summed E-state index contributed by atoms with van der Waals surface area (Å²) >= 11 is 0. The summed E-state index contributed by atoms with van der Waals surface area (Å²) in [7, 11) is 0. The molecule has 0 aromatic heterocycles. The molecular formula is C25H36. The molecule has 7 atom stereocenters. The van der Waals surface area contributed by atoms with Gasteiger partial charge in [0.25, 0.3) is 0 Å². The lowest BCUT2D eigenvalue weighted by Gasteiger charge is -2.44. The van der Waals surface area contributed by atoms with Gasteiger partial charge >= 0.3 is 0 Å². The van der Waals surface area contributed by atoms with Gasteiger partial charge in [0.15, 0.2) is 0 Å². The summed E-state index contributed by atoms with van der Waals surface area (Å²) in [6.07, 6.45) is 23.5. The predicted octanol–water partition coefficient (Wildman–Crippen LogP) is 6.82. The van der Waals surface area contributed by atoms with E-state index in [1.54, 1.807) is 0 Å². The first-order chi connectivity index (χ1) is 11.8. The van der Waals surface area contributed by atoms with E-state index in [9.17, 15) is 0 Å². The van der Waals surface area contributed by atoms with E-state index in [1.807, 2.05) is 0 Å². The molecule has 0 heterocycles. The van der Waals surface area contributed by atoms with E-state index < -0.39 is 0 Å². The Morgan fingerprint density at radius 2 is 1.04 bits per heavy atom. The zero-order valence-corrected chi connectivity index (χ0v) is 16.8. The van der Waals surface area contributed by atoms with E-state index >= 15 is 0 Å². The number of allylic oxidation sites excluding steroid dienone is 8. The van der Waals surface area contributed by atoms with E-state index in [0.717, 1.165) is 29.6 Å². The van der Waals surface area contributed by atoms with Crippen LogP contribution in [0.25, 0.3) is 0 Å². The lowest BCUT2D eigenvalue weighted by Crippen LogP contribution is -2.38. The van der Waals surface area contributed by atoms with Gasteiger partial charge in [-0.3, -0.25) is 0 Å². The third-order valence-electron chi connectivity index (χ3n) is 8.29. The van der Waals surface area contributed by atoms with Gasteiger partial charge in [-0.1, -0.05) is 83.2 Å². The summed E-state index contributed by atoms with van der Waals surface area (Å²) in [4.78, 5) is 0. The number of hydrogen-bond acceptors (Lipinski definition) is 0. The molecule has 0 spiro atoms. The fourth-order valence-corrected chi connectivity index (χ4v) is 6.74. The zero-order valence-electron chi connectivity index (χ0n) is 16.8. The van der Waals surface area contributed by atoms with Gasteiger partial charge in [-0.25, -0.2) is 0 Å². The third kappa shape index (κ3) is 2.81. The average Bonchev–Trinajstić information content (AvgIpc) is 3.18. The molecular weight excluding hydrogens is 300 g/mol. The second-order valence-corrected chi connectivity index (χ2v) is 10.8. The maximum Gasteiger partial charge on any atom is -0.00954 e. The van der Waals surface area contributed by atoms with Crippen LogP contribution in [-0.2, 0) is 0 Å². The summed E-state index contributed by atoms with van der Waals surface area (Å²) in [5.41, 5.74) is 0.875. The largest absolute Gasteiger partial charge is 0.0805 e. The molecule has 0 amide bonds. The van der Waals surface area contributed by atoms with Gasteiger partial charge in [-0.05, 0) is 71.5 Å². The van der Waals surface area contributed by atoms with Crippen LogP contribution in [0.4, 0.5) is 0 Å². The maximum absolute atomic E-state index is 2.60. The van der Waals surface area contributed by atoms with Crippen molar-refractivity contribution in [1.29, 1.82) is 0 Å². The number of hydrogen-bond donors (Lipinski definition) is 0. The molecule has 4 aliphatic rings. The van der Waals surface area contributed by atoms with Gasteiger partial charge in [0.05, 0.1) is 0 Å². The van der Waals surface area contributed by atoms with Crippen LogP contribution in [0.5, 0.6) is 0 Å². The SMILES string of the molecule is CC(C)(C1CC[C@@H](C(C)(C)C)C1)C1C2C=CC=C[C@H]2[C@H]2C=CC=CC12. The van der Waals surface area contributed by atoms with Crippen molar-refractivity contribution in [1.82, 2.24) is 0 Å². The Hall–Kier alpha value is -1.04. The Morgan fingerprint density at radius 1 is 0.600 bits per heavy atom. The van der Waals surface area contributed by atoms with Gasteiger partial charge in [0.1, 0.15) is 0 Å². The second kappa shape index (κ2) is 6.00. The Morgan fingerprint density at radius 3 is 1.48 bits per heavy atom. The molecule has 2 saturated carbocycles. The summed E-state index contributed by atoms with van der Waals surface area (Å²) in [5.74, 6) is 5.40. The van der Waals surface area contributed by atoms with Crippen LogP contribution in [0.3, 0.4) is 0 Å². The molecule has 0 aromatic rings. The molecule has 0 radical (unpaired) electrons. The molecule has 4 unspecified atom stereocenters. The first-order valence-corrected chi connectivity index (χ1v) is 10.5. The minimum atomic E-state index is 0.410. The standard InChI is InChI=1S/C25H36/c1-24(2,3)17-14-15-18(16-17)25(4,5)23-21-12-8-6-10-19(21)20-11-7-9-13-22(20)23/h6-13,17-23H,14-16H2,1-5H3/t17-,18?,19-,20+,21?,22?,23?/m1/s1. The highest BCUT2D eigenvalue weighted by atomic mass is 14.6. The molecule has 4 rings (SSSR count). The van der Waals surface area contributed by atoms with Crippen LogP contribution in [0.2, 0.25) is 0 Å². The third-order valence-corrected chi connectivity index (χ3v) is 8.29. The van der Waals surface area contributed by atoms with Crippen molar-refractivity contribution in [2.24, 2.45) is 52.3 Å². The molecule has 0 N–H and O–H groups in total. The van der Waals surface area contributed by atoms with E-state index in [4.69, 9.17) is 0 Å². The predicted molar refractivity (Wildman–Crippen MR) is 108 cm³/mol. The van der Waals surface area contributed by atoms with Crippen LogP contribution < -0.4 is 0 Å². The molecule has 25 heavy (non-hydrogen) atoms. The molecule has 0 aromatic carbocycles. The minimum absolute atomic E-state index is 0.410. The van der Waals surface area contributed by atoms with Crippen LogP contribution in [0.15, 0.2) is 48.6 Å². The molecule has 2 fully saturated rings. The topological polar surface area (TPSA) is 0 Å². The molecule has 0 bridgehead atoms. The quantitative estimate of drug-likeness (QED) is 0.519. The van der Waals surface area contributed by atoms with E-state index in [-0.39, 0.29) is 0 Å². The fourth-order valence-electron chi connectivity index (χ4n) is 6.74. The van der Waals surface area contributed by atoms with E-state index in [0.29, 0.717) is 22.7 Å². The van der Waals surface area contributed by atoms with Crippen molar-refractivity contribution in [3.05, 3.63) is 48.6 Å². The van der Waals surface area contributed by atoms with Crippen molar-refractivity contribution in [2.75, 3.05) is 0 Å². The summed E-state index contributed by atoms with van der Waals surface area (Å²) in [6, 6.07) is 0. The number of rotatable bonds is 2. The first-order valence-electron chi connectivity index (χ1n) is 10.5. The lowest BCUT2D eigenvalue weighted by atomic mass is 9.61. The molecule has 0 aliphatic heterocycles. The highest BCUT2D eigenvalue weighted by molar-refractivity contribution is 5.29. The van der Waals surface area contributed by atoms with E-state index in [2.05, 4.69) is 83.2 Å². The summed E-state index contributed by atoms with van der Waals surface area (Å²) < 4.78 is 0. The molecule has 136 valence electrons. The average molecular weight is 337 g/mol. The normalized spacial score (nSPS) is 42.7. The Labute approximate surface area is 155 Å². The Bertz CT molecular complexity index is 587. The molecule has 0 nitrogen and oxygen atoms in total. The highest BCUT2D eigenvalue weighted by Gasteiger charge is 2.55. The Balaban J connectivity index is 1.63. The summed E-state index contributed by atoms with van der Waals surface area (Å²) in [5, 5.41) is 0. The van der Waals surface area contributed by atoms with Gasteiger partial charge < -0.3 is 0 Å². The zero-order chi connectivity index (χ0) is 17.8. The van der Waals surface area contributed by atoms with Crippen molar-refractivity contribution in [2.45, 2.75) is 53.9 Å². The smallest absolute Gasteiger partial charge is 0.00954 e. The maximum atomic E-state index is 2.60. The van der Waals surface area contributed by atoms with Crippen LogP contribution in [-0.4, -0.2) is 0 Å². The molecule has 0 heteroatoms. The van der Waals surface area contributed by atoms with Gasteiger partial charge in [0.2, 0.25) is 0 Å². The van der Waals surface area contributed by atoms with Crippen molar-refractivity contribution in [3.8, 4) is 0 Å². The van der Waals surface area contributed by atoms with Crippen molar-refractivity contribution in [3.63, 3.8) is 0 Å². The molecule has 0 saturated heterocycles. The van der Waals surface area contributed by atoms with E-state index in [1.165, 1.54) is 19.3 Å².